The molecule has 134 valence electrons. The van der Waals surface area contributed by atoms with Gasteiger partial charge < -0.3 is 9.64 Å². The van der Waals surface area contributed by atoms with E-state index in [2.05, 4.69) is 29.1 Å². The van der Waals surface area contributed by atoms with Crippen LogP contribution in [0.5, 0.6) is 5.75 Å². The summed E-state index contributed by atoms with van der Waals surface area (Å²) < 4.78 is 24.5. The van der Waals surface area contributed by atoms with Crippen LogP contribution < -0.4 is 9.64 Å². The molecule has 3 aliphatic heterocycles. The normalized spacial score (nSPS) is 22.0. The molecule has 0 unspecified atom stereocenters. The van der Waals surface area contributed by atoms with Crippen molar-refractivity contribution in [2.45, 2.75) is 20.3 Å². The van der Waals surface area contributed by atoms with E-state index in [0.717, 1.165) is 23.8 Å². The highest BCUT2D eigenvalue weighted by Crippen LogP contribution is 2.43. The molecule has 4 rings (SSSR count). The number of carbonyl (C=O) groups excluding carboxylic acids is 1. The molecule has 0 aliphatic carbocycles. The molecule has 1 aromatic carbocycles. The average Bonchev–Trinajstić information content (AvgIpc) is 3.07. The minimum absolute atomic E-state index is 0.124. The molecule has 1 saturated heterocycles. The number of amides is 1. The zero-order chi connectivity index (χ0) is 18.5. The van der Waals surface area contributed by atoms with Crippen LogP contribution in [0, 0.1) is 23.6 Å². The number of rotatable bonds is 2. The summed E-state index contributed by atoms with van der Waals surface area (Å²) in [6.45, 7) is 5.22. The summed E-state index contributed by atoms with van der Waals surface area (Å²) in [6, 6.07) is 2.93. The van der Waals surface area contributed by atoms with Gasteiger partial charge in [-0.15, -0.1) is 6.42 Å². The van der Waals surface area contributed by atoms with Crippen LogP contribution in [0.25, 0.3) is 6.08 Å². The summed E-state index contributed by atoms with van der Waals surface area (Å²) in [5, 5.41) is 0.885. The van der Waals surface area contributed by atoms with E-state index in [1.54, 1.807) is 12.1 Å². The number of benzene rings is 1. The molecule has 1 amide bonds. The molecular formula is C19H18FN3O2S. The molecule has 0 aromatic heterocycles. The first kappa shape index (κ1) is 17.0. The Kier molecular flexibility index (Phi) is 3.96. The van der Waals surface area contributed by atoms with Crippen molar-refractivity contribution in [3.8, 4) is 18.1 Å². The third-order valence-corrected chi connectivity index (χ3v) is 5.42. The maximum atomic E-state index is 14.6. The van der Waals surface area contributed by atoms with E-state index in [1.807, 2.05) is 0 Å². The Morgan fingerprint density at radius 3 is 3.08 bits per heavy atom. The van der Waals surface area contributed by atoms with Crippen LogP contribution in [-0.2, 0) is 4.79 Å². The molecule has 3 heterocycles. The minimum atomic E-state index is -0.404. The van der Waals surface area contributed by atoms with E-state index in [4.69, 9.17) is 11.2 Å². The molecule has 0 atom stereocenters. The SMILES string of the molecule is C#CCN1C(=O)COc2cc(F)c(/C=C3\SN=C4CC(C)(C)CN43)cc21. The van der Waals surface area contributed by atoms with Crippen LogP contribution in [0.4, 0.5) is 10.1 Å². The Bertz CT molecular complexity index is 901. The Hall–Kier alpha value is -2.46. The van der Waals surface area contributed by atoms with Gasteiger partial charge in [-0.2, -0.15) is 4.40 Å². The van der Waals surface area contributed by atoms with Crippen LogP contribution >= 0.6 is 11.9 Å². The van der Waals surface area contributed by atoms with Crippen LogP contribution in [0.2, 0.25) is 0 Å². The lowest BCUT2D eigenvalue weighted by Gasteiger charge is -2.28. The molecule has 0 N–H and O–H groups in total. The largest absolute Gasteiger partial charge is 0.481 e. The molecule has 0 saturated carbocycles. The van der Waals surface area contributed by atoms with Crippen molar-refractivity contribution < 1.29 is 13.9 Å². The number of ether oxygens (including phenoxy) is 1. The monoisotopic (exact) mass is 371 g/mol. The van der Waals surface area contributed by atoms with E-state index >= 15 is 0 Å². The molecule has 0 bridgehead atoms. The van der Waals surface area contributed by atoms with E-state index in [-0.39, 0.29) is 24.5 Å². The minimum Gasteiger partial charge on any atom is -0.481 e. The highest BCUT2D eigenvalue weighted by molar-refractivity contribution is 8.02. The number of hydrogen-bond donors (Lipinski definition) is 0. The predicted octanol–water partition coefficient (Wildman–Crippen LogP) is 3.27. The smallest absolute Gasteiger partial charge is 0.265 e. The lowest BCUT2D eigenvalue weighted by atomic mass is 9.93. The van der Waals surface area contributed by atoms with E-state index in [0.29, 0.717) is 17.0 Å². The zero-order valence-electron chi connectivity index (χ0n) is 14.6. The number of fused-ring (bicyclic) bond motifs is 2. The molecule has 7 heteroatoms. The van der Waals surface area contributed by atoms with Gasteiger partial charge in [0, 0.05) is 36.5 Å². The Morgan fingerprint density at radius 1 is 1.50 bits per heavy atom. The number of hydrogen-bond acceptors (Lipinski definition) is 5. The Labute approximate surface area is 156 Å². The molecule has 3 aliphatic rings. The molecule has 0 radical (unpaired) electrons. The standard InChI is InChI=1S/C19H18FN3O2S/c1-4-5-22-14-6-12(13(20)8-15(14)25-10-17(22)24)7-18-23-11-19(2,3)9-16(23)21-26-18/h1,6-8H,5,9-11H2,2-3H3/b18-7-. The van der Waals surface area contributed by atoms with Crippen LogP contribution in [0.15, 0.2) is 21.6 Å². The van der Waals surface area contributed by atoms with Crippen molar-refractivity contribution in [2.75, 3.05) is 24.6 Å². The topological polar surface area (TPSA) is 45.1 Å². The summed E-state index contributed by atoms with van der Waals surface area (Å²) in [7, 11) is 0. The highest BCUT2D eigenvalue weighted by atomic mass is 32.2. The zero-order valence-corrected chi connectivity index (χ0v) is 15.4. The summed E-state index contributed by atoms with van der Waals surface area (Å²) >= 11 is 1.35. The van der Waals surface area contributed by atoms with Crippen molar-refractivity contribution in [3.05, 3.63) is 28.5 Å². The van der Waals surface area contributed by atoms with Crippen molar-refractivity contribution in [1.29, 1.82) is 0 Å². The second-order valence-electron chi connectivity index (χ2n) is 7.32. The lowest BCUT2D eigenvalue weighted by molar-refractivity contribution is -0.121. The van der Waals surface area contributed by atoms with Crippen molar-refractivity contribution in [2.24, 2.45) is 9.81 Å². The molecule has 1 fully saturated rings. The van der Waals surface area contributed by atoms with E-state index in [9.17, 15) is 9.18 Å². The fourth-order valence-corrected chi connectivity index (χ4v) is 4.19. The molecule has 1 aromatic rings. The van der Waals surface area contributed by atoms with Crippen LogP contribution in [0.3, 0.4) is 0 Å². The maximum absolute atomic E-state index is 14.6. The maximum Gasteiger partial charge on any atom is 0.265 e. The second kappa shape index (κ2) is 6.06. The molecular weight excluding hydrogens is 353 g/mol. The number of carbonyl (C=O) groups is 1. The van der Waals surface area contributed by atoms with E-state index < -0.39 is 5.82 Å². The molecule has 5 nitrogen and oxygen atoms in total. The summed E-state index contributed by atoms with van der Waals surface area (Å²) in [6.07, 6.45) is 8.04. The van der Waals surface area contributed by atoms with Gasteiger partial charge in [-0.3, -0.25) is 9.69 Å². The fraction of sp³-hybridized carbons (Fsp3) is 0.368. The van der Waals surface area contributed by atoms with Crippen LogP contribution in [0.1, 0.15) is 25.8 Å². The van der Waals surface area contributed by atoms with Gasteiger partial charge >= 0.3 is 0 Å². The number of terminal acetylenes is 1. The van der Waals surface area contributed by atoms with Gasteiger partial charge in [0.25, 0.3) is 5.91 Å². The van der Waals surface area contributed by atoms with Gasteiger partial charge in [-0.1, -0.05) is 19.8 Å². The fourth-order valence-electron chi connectivity index (χ4n) is 3.38. The van der Waals surface area contributed by atoms with Gasteiger partial charge in [0.2, 0.25) is 0 Å². The van der Waals surface area contributed by atoms with Crippen molar-refractivity contribution in [1.82, 2.24) is 4.90 Å². The van der Waals surface area contributed by atoms with Gasteiger partial charge in [0.05, 0.1) is 17.3 Å². The van der Waals surface area contributed by atoms with E-state index in [1.165, 1.54) is 22.9 Å². The first-order valence-corrected chi connectivity index (χ1v) is 9.08. The quantitative estimate of drug-likeness (QED) is 0.591. The summed E-state index contributed by atoms with van der Waals surface area (Å²) in [5.74, 6) is 3.18. The van der Waals surface area contributed by atoms with Crippen LogP contribution in [-0.4, -0.2) is 36.3 Å². The number of anilines is 1. The van der Waals surface area contributed by atoms with Gasteiger partial charge in [0.1, 0.15) is 17.4 Å². The number of nitrogens with zero attached hydrogens (tertiary/aromatic N) is 3. The third kappa shape index (κ3) is 2.84. The Balaban J connectivity index is 1.71. The first-order chi connectivity index (χ1) is 12.4. The molecule has 26 heavy (non-hydrogen) atoms. The summed E-state index contributed by atoms with van der Waals surface area (Å²) in [4.78, 5) is 15.7. The predicted molar refractivity (Wildman–Crippen MR) is 101 cm³/mol. The summed E-state index contributed by atoms with van der Waals surface area (Å²) in [5.41, 5.74) is 1.03. The second-order valence-corrected chi connectivity index (χ2v) is 8.11. The van der Waals surface area contributed by atoms with Gasteiger partial charge in [0.15, 0.2) is 6.61 Å². The van der Waals surface area contributed by atoms with Gasteiger partial charge in [-0.05, 0) is 17.6 Å². The molecule has 0 spiro atoms. The van der Waals surface area contributed by atoms with Crippen molar-refractivity contribution in [3.63, 3.8) is 0 Å². The van der Waals surface area contributed by atoms with Gasteiger partial charge in [-0.25, -0.2) is 4.39 Å². The lowest BCUT2D eigenvalue weighted by Crippen LogP contribution is -2.39. The average molecular weight is 371 g/mol. The first-order valence-electron chi connectivity index (χ1n) is 8.31. The Morgan fingerprint density at radius 2 is 2.31 bits per heavy atom. The number of amidine groups is 1. The van der Waals surface area contributed by atoms with Crippen molar-refractivity contribution >= 4 is 35.5 Å². The third-order valence-electron chi connectivity index (χ3n) is 4.59. The highest BCUT2D eigenvalue weighted by Gasteiger charge is 2.39. The number of halogens is 1.